The monoisotopic (exact) mass is 424 g/mol. The molecule has 0 spiro atoms. The fraction of sp³-hybridized carbons (Fsp3) is 0.259. The van der Waals surface area contributed by atoms with Crippen LogP contribution in [0.15, 0.2) is 84.9 Å². The molecule has 0 unspecified atom stereocenters. The molecule has 0 amide bonds. The van der Waals surface area contributed by atoms with E-state index in [2.05, 4.69) is 40.5 Å². The molecule has 0 bridgehead atoms. The van der Waals surface area contributed by atoms with Crippen molar-refractivity contribution in [3.63, 3.8) is 0 Å². The second-order valence-corrected chi connectivity index (χ2v) is 8.13. The predicted molar refractivity (Wildman–Crippen MR) is 130 cm³/mol. The lowest BCUT2D eigenvalue weighted by molar-refractivity contribution is 0.296. The van der Waals surface area contributed by atoms with Gasteiger partial charge in [0.05, 0.1) is 5.52 Å². The second-order valence-electron chi connectivity index (χ2n) is 8.13. The molecular weight excluding hydrogens is 396 g/mol. The van der Waals surface area contributed by atoms with E-state index in [9.17, 15) is 0 Å². The molecule has 1 fully saturated rings. The summed E-state index contributed by atoms with van der Waals surface area (Å²) >= 11 is 0. The predicted octanol–water partition coefficient (Wildman–Crippen LogP) is 4.93. The van der Waals surface area contributed by atoms with Crippen molar-refractivity contribution in [1.29, 1.82) is 0 Å². The lowest BCUT2D eigenvalue weighted by Crippen LogP contribution is -2.44. The molecule has 1 aromatic heterocycles. The van der Waals surface area contributed by atoms with Gasteiger partial charge in [0, 0.05) is 36.6 Å². The summed E-state index contributed by atoms with van der Waals surface area (Å²) in [7, 11) is 0. The van der Waals surface area contributed by atoms with Gasteiger partial charge in [0.1, 0.15) is 18.2 Å². The molecule has 162 valence electrons. The number of piperidine rings is 1. The Bertz CT molecular complexity index is 1140. The van der Waals surface area contributed by atoms with Gasteiger partial charge in [0.25, 0.3) is 0 Å². The highest BCUT2D eigenvalue weighted by Crippen LogP contribution is 2.29. The van der Waals surface area contributed by atoms with Crippen LogP contribution in [0.3, 0.4) is 0 Å². The van der Waals surface area contributed by atoms with Crippen molar-refractivity contribution in [3.8, 4) is 17.1 Å². The minimum absolute atomic E-state index is 0.507. The first-order valence-electron chi connectivity index (χ1n) is 11.4. The van der Waals surface area contributed by atoms with Crippen LogP contribution in [-0.4, -0.2) is 42.3 Å². The standard InChI is InChI=1S/C27H28N4O/c1-3-9-21(10-4-1)26-29-25-14-8-7-13-24(25)27(30-26)31-18-15-22(16-19-31)28-17-20-32-23-11-5-2-6-12-23/h1-14,22,28H,15-20H2. The van der Waals surface area contributed by atoms with E-state index >= 15 is 0 Å². The summed E-state index contributed by atoms with van der Waals surface area (Å²) in [6.07, 6.45) is 2.18. The van der Waals surface area contributed by atoms with Gasteiger partial charge in [-0.05, 0) is 37.1 Å². The van der Waals surface area contributed by atoms with Crippen molar-refractivity contribution in [2.75, 3.05) is 31.1 Å². The molecule has 1 N–H and O–H groups in total. The minimum Gasteiger partial charge on any atom is -0.492 e. The minimum atomic E-state index is 0.507. The Kier molecular flexibility index (Phi) is 6.26. The SMILES string of the molecule is c1ccc(OCCNC2CCN(c3nc(-c4ccccc4)nc4ccccc34)CC2)cc1. The first-order valence-corrected chi connectivity index (χ1v) is 11.4. The average molecular weight is 425 g/mol. The van der Waals surface area contributed by atoms with E-state index < -0.39 is 0 Å². The van der Waals surface area contributed by atoms with Crippen molar-refractivity contribution in [1.82, 2.24) is 15.3 Å². The molecule has 1 aliphatic heterocycles. The van der Waals surface area contributed by atoms with Crippen LogP contribution in [0.5, 0.6) is 5.75 Å². The number of rotatable bonds is 7. The van der Waals surface area contributed by atoms with E-state index in [1.54, 1.807) is 0 Å². The van der Waals surface area contributed by atoms with Gasteiger partial charge in [0.15, 0.2) is 5.82 Å². The van der Waals surface area contributed by atoms with Gasteiger partial charge in [-0.25, -0.2) is 9.97 Å². The lowest BCUT2D eigenvalue weighted by Gasteiger charge is -2.34. The van der Waals surface area contributed by atoms with Gasteiger partial charge < -0.3 is 15.0 Å². The zero-order valence-electron chi connectivity index (χ0n) is 18.2. The maximum Gasteiger partial charge on any atom is 0.162 e. The van der Waals surface area contributed by atoms with Crippen LogP contribution < -0.4 is 15.0 Å². The molecule has 0 saturated carbocycles. The van der Waals surface area contributed by atoms with Crippen LogP contribution in [-0.2, 0) is 0 Å². The number of anilines is 1. The molecule has 3 aromatic carbocycles. The van der Waals surface area contributed by atoms with E-state index in [-0.39, 0.29) is 0 Å². The second kappa shape index (κ2) is 9.79. The van der Waals surface area contributed by atoms with E-state index in [0.29, 0.717) is 12.6 Å². The van der Waals surface area contributed by atoms with Gasteiger partial charge in [-0.15, -0.1) is 0 Å². The number of ether oxygens (including phenoxy) is 1. The summed E-state index contributed by atoms with van der Waals surface area (Å²) < 4.78 is 5.80. The molecule has 0 atom stereocenters. The first kappa shape index (κ1) is 20.5. The third kappa shape index (κ3) is 4.73. The number of hydrogen-bond donors (Lipinski definition) is 1. The number of nitrogens with one attached hydrogen (secondary N) is 1. The van der Waals surface area contributed by atoms with Crippen LogP contribution in [0.1, 0.15) is 12.8 Å². The van der Waals surface area contributed by atoms with E-state index in [4.69, 9.17) is 14.7 Å². The van der Waals surface area contributed by atoms with Crippen molar-refractivity contribution in [3.05, 3.63) is 84.9 Å². The zero-order valence-corrected chi connectivity index (χ0v) is 18.2. The number of aromatic nitrogens is 2. The molecule has 1 aliphatic rings. The van der Waals surface area contributed by atoms with Crippen molar-refractivity contribution >= 4 is 16.7 Å². The van der Waals surface area contributed by atoms with Crippen LogP contribution in [0, 0.1) is 0 Å². The first-order chi connectivity index (χ1) is 15.9. The normalized spacial score (nSPS) is 14.6. The van der Waals surface area contributed by atoms with E-state index in [0.717, 1.165) is 66.3 Å². The summed E-state index contributed by atoms with van der Waals surface area (Å²) in [4.78, 5) is 12.2. The number of fused-ring (bicyclic) bond motifs is 1. The molecule has 5 rings (SSSR count). The van der Waals surface area contributed by atoms with Gasteiger partial charge in [-0.1, -0.05) is 60.7 Å². The fourth-order valence-corrected chi connectivity index (χ4v) is 4.26. The van der Waals surface area contributed by atoms with Crippen molar-refractivity contribution in [2.24, 2.45) is 0 Å². The Balaban J connectivity index is 1.24. The highest BCUT2D eigenvalue weighted by molar-refractivity contribution is 5.91. The Labute approximate surface area is 189 Å². The summed E-state index contributed by atoms with van der Waals surface area (Å²) in [5, 5.41) is 4.77. The molecule has 32 heavy (non-hydrogen) atoms. The maximum atomic E-state index is 5.80. The van der Waals surface area contributed by atoms with Crippen LogP contribution in [0.2, 0.25) is 0 Å². The molecular formula is C27H28N4O. The van der Waals surface area contributed by atoms with E-state index in [1.165, 1.54) is 0 Å². The topological polar surface area (TPSA) is 50.3 Å². The van der Waals surface area contributed by atoms with Crippen molar-refractivity contribution in [2.45, 2.75) is 18.9 Å². The fourth-order valence-electron chi connectivity index (χ4n) is 4.26. The largest absolute Gasteiger partial charge is 0.492 e. The number of para-hydroxylation sites is 2. The van der Waals surface area contributed by atoms with Gasteiger partial charge in [-0.3, -0.25) is 0 Å². The third-order valence-corrected chi connectivity index (χ3v) is 5.96. The Morgan fingerprint density at radius 2 is 1.50 bits per heavy atom. The molecule has 0 aliphatic carbocycles. The lowest BCUT2D eigenvalue weighted by atomic mass is 10.0. The number of nitrogens with zero attached hydrogens (tertiary/aromatic N) is 3. The number of hydrogen-bond acceptors (Lipinski definition) is 5. The quantitative estimate of drug-likeness (QED) is 0.426. The Morgan fingerprint density at radius 1 is 0.812 bits per heavy atom. The zero-order chi connectivity index (χ0) is 21.6. The molecule has 2 heterocycles. The van der Waals surface area contributed by atoms with Crippen LogP contribution in [0.25, 0.3) is 22.3 Å². The molecule has 5 heteroatoms. The van der Waals surface area contributed by atoms with Gasteiger partial charge in [0.2, 0.25) is 0 Å². The van der Waals surface area contributed by atoms with E-state index in [1.807, 2.05) is 54.6 Å². The Hall–Kier alpha value is -3.44. The molecule has 0 radical (unpaired) electrons. The number of benzene rings is 3. The maximum absolute atomic E-state index is 5.80. The molecule has 1 saturated heterocycles. The van der Waals surface area contributed by atoms with Crippen LogP contribution in [0.4, 0.5) is 5.82 Å². The summed E-state index contributed by atoms with van der Waals surface area (Å²) in [6, 6.07) is 29.0. The summed E-state index contributed by atoms with van der Waals surface area (Å²) in [5.41, 5.74) is 2.05. The molecule has 5 nitrogen and oxygen atoms in total. The average Bonchev–Trinajstić information content (AvgIpc) is 2.87. The van der Waals surface area contributed by atoms with Crippen molar-refractivity contribution < 1.29 is 4.74 Å². The summed E-state index contributed by atoms with van der Waals surface area (Å²) in [6.45, 7) is 3.49. The highest BCUT2D eigenvalue weighted by Gasteiger charge is 2.22. The van der Waals surface area contributed by atoms with Gasteiger partial charge in [-0.2, -0.15) is 0 Å². The highest BCUT2D eigenvalue weighted by atomic mass is 16.5. The van der Waals surface area contributed by atoms with Gasteiger partial charge >= 0.3 is 0 Å². The van der Waals surface area contributed by atoms with Crippen LogP contribution >= 0.6 is 0 Å². The third-order valence-electron chi connectivity index (χ3n) is 5.96. The Morgan fingerprint density at radius 3 is 2.28 bits per heavy atom. The smallest absolute Gasteiger partial charge is 0.162 e. The summed E-state index contributed by atoms with van der Waals surface area (Å²) in [5.74, 6) is 2.76. The molecule has 4 aromatic rings.